The minimum absolute atomic E-state index is 0.113. The van der Waals surface area contributed by atoms with Crippen molar-refractivity contribution in [3.05, 3.63) is 70.3 Å². The average Bonchev–Trinajstić information content (AvgIpc) is 2.87. The Balaban J connectivity index is 1.27. The van der Waals surface area contributed by atoms with Crippen molar-refractivity contribution in [2.75, 3.05) is 6.61 Å². The lowest BCUT2D eigenvalue weighted by atomic mass is 9.78. The largest absolute Gasteiger partial charge is 0.422 e. The molecule has 0 unspecified atom stereocenters. The van der Waals surface area contributed by atoms with Gasteiger partial charge in [0.2, 0.25) is 0 Å². The molecule has 0 bridgehead atoms. The predicted octanol–water partition coefficient (Wildman–Crippen LogP) is 9.13. The number of ether oxygens (including phenoxy) is 2. The first-order valence-corrected chi connectivity index (χ1v) is 13.3. The molecule has 2 nitrogen and oxygen atoms in total. The van der Waals surface area contributed by atoms with E-state index >= 15 is 8.78 Å². The third-order valence-corrected chi connectivity index (χ3v) is 7.94. The van der Waals surface area contributed by atoms with Gasteiger partial charge in [-0.3, -0.25) is 0 Å². The Kier molecular flexibility index (Phi) is 9.07. The van der Waals surface area contributed by atoms with E-state index in [0.717, 1.165) is 11.1 Å². The van der Waals surface area contributed by atoms with Gasteiger partial charge in [-0.2, -0.15) is 22.0 Å². The molecule has 2 saturated carbocycles. The summed E-state index contributed by atoms with van der Waals surface area (Å²) in [6, 6.07) is 9.52. The minimum Gasteiger partial charge on any atom is -0.377 e. The van der Waals surface area contributed by atoms with Crippen LogP contribution in [0.5, 0.6) is 0 Å². The molecule has 0 aliphatic heterocycles. The maximum atomic E-state index is 15.0. The molecule has 0 N–H and O–H groups in total. The van der Waals surface area contributed by atoms with Gasteiger partial charge in [0.15, 0.2) is 0 Å². The summed E-state index contributed by atoms with van der Waals surface area (Å²) in [5.74, 6) is -4.39. The van der Waals surface area contributed by atoms with Gasteiger partial charge in [0.25, 0.3) is 0 Å². The number of benzene rings is 2. The quantitative estimate of drug-likeness (QED) is 0.308. The van der Waals surface area contributed by atoms with Gasteiger partial charge in [-0.1, -0.05) is 24.3 Å². The molecule has 0 heterocycles. The molecule has 0 saturated heterocycles. The molecule has 2 fully saturated rings. The van der Waals surface area contributed by atoms with Gasteiger partial charge in [0, 0.05) is 6.61 Å². The highest BCUT2D eigenvalue weighted by atomic mass is 19.4. The molecule has 2 aromatic carbocycles. The molecule has 2 aliphatic rings. The Labute approximate surface area is 218 Å². The predicted molar refractivity (Wildman–Crippen MR) is 129 cm³/mol. The molecule has 2 aliphatic carbocycles. The van der Waals surface area contributed by atoms with E-state index < -0.39 is 47.4 Å². The molecule has 4 rings (SSSR count). The molecule has 0 amide bonds. The molecule has 0 aromatic heterocycles. The Morgan fingerprint density at radius 2 is 1.26 bits per heavy atom. The number of alkyl halides is 5. The van der Waals surface area contributed by atoms with Crippen LogP contribution in [0.4, 0.5) is 30.7 Å². The smallest absolute Gasteiger partial charge is 0.377 e. The summed E-state index contributed by atoms with van der Waals surface area (Å²) in [7, 11) is 0. The zero-order valence-electron chi connectivity index (χ0n) is 21.3. The number of hydrogen-bond acceptors (Lipinski definition) is 2. The fraction of sp³-hybridized carbons (Fsp3) is 0.586. The SMILES string of the molecule is CCOCc1ccc(C2CCC(C(F)(F)OC3CCC(c4cc(F)c(C(F)(F)F)c(F)c4)CC3)CC2)cc1. The van der Waals surface area contributed by atoms with Crippen molar-refractivity contribution in [2.24, 2.45) is 5.92 Å². The van der Waals surface area contributed by atoms with Gasteiger partial charge in [-0.05, 0) is 98.9 Å². The summed E-state index contributed by atoms with van der Waals surface area (Å²) in [6.07, 6.45) is -6.04. The molecule has 0 radical (unpaired) electrons. The van der Waals surface area contributed by atoms with Crippen LogP contribution in [-0.4, -0.2) is 18.8 Å². The number of halogens is 7. The minimum atomic E-state index is -5.13. The molecule has 210 valence electrons. The van der Waals surface area contributed by atoms with E-state index in [1.807, 2.05) is 31.2 Å². The van der Waals surface area contributed by atoms with Gasteiger partial charge in [0.1, 0.15) is 17.2 Å². The van der Waals surface area contributed by atoms with E-state index in [-0.39, 0.29) is 24.3 Å². The maximum Gasteiger partial charge on any atom is 0.422 e. The molecule has 0 atom stereocenters. The summed E-state index contributed by atoms with van der Waals surface area (Å²) >= 11 is 0. The van der Waals surface area contributed by atoms with Crippen LogP contribution in [-0.2, 0) is 22.3 Å². The van der Waals surface area contributed by atoms with Crippen LogP contribution in [0.25, 0.3) is 0 Å². The van der Waals surface area contributed by atoms with E-state index in [1.165, 1.54) is 0 Å². The highest BCUT2D eigenvalue weighted by Gasteiger charge is 2.45. The summed E-state index contributed by atoms with van der Waals surface area (Å²) in [5.41, 5.74) is 0.420. The fourth-order valence-corrected chi connectivity index (χ4v) is 5.80. The maximum absolute atomic E-state index is 15.0. The molecular formula is C29H33F7O2. The van der Waals surface area contributed by atoms with E-state index in [4.69, 9.17) is 9.47 Å². The molecule has 9 heteroatoms. The summed E-state index contributed by atoms with van der Waals surface area (Å²) in [6.45, 7) is 3.13. The first-order valence-electron chi connectivity index (χ1n) is 13.3. The average molecular weight is 547 g/mol. The van der Waals surface area contributed by atoms with E-state index in [1.54, 1.807) is 0 Å². The monoisotopic (exact) mass is 546 g/mol. The highest BCUT2D eigenvalue weighted by molar-refractivity contribution is 5.31. The van der Waals surface area contributed by atoms with Crippen LogP contribution in [0.2, 0.25) is 0 Å². The van der Waals surface area contributed by atoms with Gasteiger partial charge >= 0.3 is 12.3 Å². The van der Waals surface area contributed by atoms with Gasteiger partial charge in [-0.25, -0.2) is 8.78 Å². The summed E-state index contributed by atoms with van der Waals surface area (Å²) in [4.78, 5) is 0. The molecule has 38 heavy (non-hydrogen) atoms. The second-order valence-electron chi connectivity index (χ2n) is 10.4. The Morgan fingerprint density at radius 1 is 0.737 bits per heavy atom. The van der Waals surface area contributed by atoms with Crippen molar-refractivity contribution in [1.82, 2.24) is 0 Å². The van der Waals surface area contributed by atoms with Crippen molar-refractivity contribution in [1.29, 1.82) is 0 Å². The Bertz CT molecular complexity index is 1030. The van der Waals surface area contributed by atoms with Crippen molar-refractivity contribution in [3.8, 4) is 0 Å². The van der Waals surface area contributed by atoms with Crippen molar-refractivity contribution in [2.45, 2.75) is 95.1 Å². The van der Waals surface area contributed by atoms with Crippen LogP contribution in [0, 0.1) is 17.6 Å². The van der Waals surface area contributed by atoms with Crippen LogP contribution in [0.3, 0.4) is 0 Å². The van der Waals surface area contributed by atoms with Crippen molar-refractivity contribution in [3.63, 3.8) is 0 Å². The van der Waals surface area contributed by atoms with Crippen LogP contribution < -0.4 is 0 Å². The normalized spacial score (nSPS) is 24.9. The van der Waals surface area contributed by atoms with Crippen LogP contribution in [0.15, 0.2) is 36.4 Å². The second-order valence-corrected chi connectivity index (χ2v) is 10.4. The Hall–Kier alpha value is -2.13. The zero-order valence-corrected chi connectivity index (χ0v) is 21.3. The summed E-state index contributed by atoms with van der Waals surface area (Å²) < 4.78 is 107. The topological polar surface area (TPSA) is 18.5 Å². The molecular weight excluding hydrogens is 513 g/mol. The van der Waals surface area contributed by atoms with Crippen molar-refractivity contribution < 1.29 is 40.2 Å². The standard InChI is InChI=1S/C29H33F7O2/c1-2-37-17-18-3-5-19(6-4-18)20-7-11-23(12-8-20)29(35,36)38-24-13-9-21(10-14-24)22-15-25(30)27(26(31)16-22)28(32,33)34/h3-6,15-16,20-21,23-24H,2,7-14,17H2,1H3. The third kappa shape index (κ3) is 6.89. The first kappa shape index (κ1) is 28.9. The molecule has 0 spiro atoms. The first-order chi connectivity index (χ1) is 18.0. The lowest BCUT2D eigenvalue weighted by Crippen LogP contribution is -2.38. The lowest BCUT2D eigenvalue weighted by Gasteiger charge is -2.37. The van der Waals surface area contributed by atoms with E-state index in [9.17, 15) is 22.0 Å². The Morgan fingerprint density at radius 3 is 1.79 bits per heavy atom. The zero-order chi connectivity index (χ0) is 27.5. The third-order valence-electron chi connectivity index (χ3n) is 7.94. The fourth-order valence-electron chi connectivity index (χ4n) is 5.80. The van der Waals surface area contributed by atoms with Crippen LogP contribution >= 0.6 is 0 Å². The van der Waals surface area contributed by atoms with Crippen LogP contribution in [0.1, 0.15) is 92.4 Å². The van der Waals surface area contributed by atoms with Crippen molar-refractivity contribution >= 4 is 0 Å². The van der Waals surface area contributed by atoms with E-state index in [0.29, 0.717) is 63.9 Å². The second kappa shape index (κ2) is 11.9. The number of rotatable bonds is 8. The number of hydrogen-bond donors (Lipinski definition) is 0. The van der Waals surface area contributed by atoms with Gasteiger partial charge in [0.05, 0.1) is 18.6 Å². The van der Waals surface area contributed by atoms with Gasteiger partial charge in [-0.15, -0.1) is 0 Å². The molecule has 2 aromatic rings. The van der Waals surface area contributed by atoms with Gasteiger partial charge < -0.3 is 9.47 Å². The van der Waals surface area contributed by atoms with E-state index in [2.05, 4.69) is 0 Å². The lowest BCUT2D eigenvalue weighted by molar-refractivity contribution is -0.300. The highest BCUT2D eigenvalue weighted by Crippen LogP contribution is 2.45. The summed E-state index contributed by atoms with van der Waals surface area (Å²) in [5, 5.41) is 0.